The molecule has 0 radical (unpaired) electrons. The molecule has 0 aromatic carbocycles. The van der Waals surface area contributed by atoms with Gasteiger partial charge in [0.05, 0.1) is 11.0 Å². The van der Waals surface area contributed by atoms with E-state index in [1.165, 1.54) is 22.4 Å². The molecule has 1 N–H and O–H groups in total. The molecule has 1 amide bonds. The fourth-order valence-corrected chi connectivity index (χ4v) is 4.41. The molecule has 0 unspecified atom stereocenters. The van der Waals surface area contributed by atoms with Crippen LogP contribution in [0.2, 0.25) is 0 Å². The third-order valence-corrected chi connectivity index (χ3v) is 5.86. The normalized spacial score (nSPS) is 14.5. The molecule has 9 heteroatoms. The predicted octanol–water partition coefficient (Wildman–Crippen LogP) is 2.63. The number of carbonyl (C=O) groups is 1. The highest BCUT2D eigenvalue weighted by molar-refractivity contribution is 7.22. The molecule has 0 spiro atoms. The molecular weight excluding hydrogens is 378 g/mol. The number of nitrogens with zero attached hydrogens (tertiary/aromatic N) is 4. The minimum Gasteiger partial charge on any atom is -0.463 e. The summed E-state index contributed by atoms with van der Waals surface area (Å²) in [4.78, 5) is 32.0. The minimum absolute atomic E-state index is 0.140. The van der Waals surface area contributed by atoms with Crippen molar-refractivity contribution in [1.82, 2.24) is 20.1 Å². The summed E-state index contributed by atoms with van der Waals surface area (Å²) >= 11 is 1.46. The molecule has 8 nitrogen and oxygen atoms in total. The first-order valence-electron chi connectivity index (χ1n) is 9.64. The molecule has 0 atom stereocenters. The van der Waals surface area contributed by atoms with Gasteiger partial charge in [0.1, 0.15) is 12.2 Å². The number of anilines is 1. The lowest BCUT2D eigenvalue weighted by molar-refractivity contribution is -0.121. The zero-order valence-corrected chi connectivity index (χ0v) is 16.6. The van der Waals surface area contributed by atoms with Crippen LogP contribution in [0.1, 0.15) is 32.6 Å². The van der Waals surface area contributed by atoms with E-state index in [2.05, 4.69) is 20.3 Å². The Balaban J connectivity index is 1.79. The monoisotopic (exact) mass is 401 g/mol. The molecule has 0 bridgehead atoms. The van der Waals surface area contributed by atoms with E-state index >= 15 is 0 Å². The van der Waals surface area contributed by atoms with Gasteiger partial charge in [-0.15, -0.1) is 0 Å². The molecule has 3 aromatic rings. The Bertz CT molecular complexity index is 1020. The molecular formula is C19H23N5O3S. The van der Waals surface area contributed by atoms with Crippen LogP contribution in [0.15, 0.2) is 27.6 Å². The van der Waals surface area contributed by atoms with Gasteiger partial charge in [0.2, 0.25) is 5.91 Å². The maximum Gasteiger partial charge on any atom is 0.294 e. The molecule has 1 aliphatic rings. The Kier molecular flexibility index (Phi) is 5.43. The van der Waals surface area contributed by atoms with Gasteiger partial charge in [-0.1, -0.05) is 18.3 Å². The van der Waals surface area contributed by atoms with E-state index in [0.717, 1.165) is 37.5 Å². The number of aromatic nitrogens is 3. The van der Waals surface area contributed by atoms with Crippen molar-refractivity contribution in [3.05, 3.63) is 28.7 Å². The van der Waals surface area contributed by atoms with Crippen molar-refractivity contribution < 1.29 is 9.21 Å². The Morgan fingerprint density at radius 2 is 2.14 bits per heavy atom. The van der Waals surface area contributed by atoms with Crippen LogP contribution in [0.5, 0.6) is 0 Å². The first-order valence-corrected chi connectivity index (χ1v) is 10.5. The van der Waals surface area contributed by atoms with Gasteiger partial charge in [-0.3, -0.25) is 9.59 Å². The summed E-state index contributed by atoms with van der Waals surface area (Å²) in [6, 6.07) is 3.58. The molecule has 4 rings (SSSR count). The highest BCUT2D eigenvalue weighted by Gasteiger charge is 2.22. The van der Waals surface area contributed by atoms with Gasteiger partial charge in [0, 0.05) is 19.6 Å². The van der Waals surface area contributed by atoms with Gasteiger partial charge in [-0.25, -0.2) is 9.67 Å². The molecule has 4 heterocycles. The summed E-state index contributed by atoms with van der Waals surface area (Å²) < 4.78 is 7.42. The van der Waals surface area contributed by atoms with Crippen LogP contribution in [-0.4, -0.2) is 40.3 Å². The second kappa shape index (κ2) is 8.14. The van der Waals surface area contributed by atoms with Crippen molar-refractivity contribution >= 4 is 32.6 Å². The molecule has 0 aliphatic carbocycles. The number of furan rings is 1. The van der Waals surface area contributed by atoms with Crippen LogP contribution in [-0.2, 0) is 11.3 Å². The largest absolute Gasteiger partial charge is 0.463 e. The number of hydrogen-bond donors (Lipinski definition) is 1. The quantitative estimate of drug-likeness (QED) is 0.682. The summed E-state index contributed by atoms with van der Waals surface area (Å²) in [5, 5.41) is 8.06. The second-order valence-corrected chi connectivity index (χ2v) is 7.84. The number of amides is 1. The average molecular weight is 401 g/mol. The van der Waals surface area contributed by atoms with Gasteiger partial charge in [-0.2, -0.15) is 5.10 Å². The molecule has 1 fully saturated rings. The van der Waals surface area contributed by atoms with E-state index in [1.54, 1.807) is 18.4 Å². The lowest BCUT2D eigenvalue weighted by Gasteiger charge is -2.25. The van der Waals surface area contributed by atoms with Crippen LogP contribution in [0, 0.1) is 0 Å². The topological polar surface area (TPSA) is 93.3 Å². The highest BCUT2D eigenvalue weighted by Crippen LogP contribution is 2.34. The summed E-state index contributed by atoms with van der Waals surface area (Å²) in [5.74, 6) is 0.314. The summed E-state index contributed by atoms with van der Waals surface area (Å²) in [5.41, 5.74) is 0.537. The zero-order valence-electron chi connectivity index (χ0n) is 15.8. The number of piperidine rings is 1. The van der Waals surface area contributed by atoms with Crippen LogP contribution in [0.4, 0.5) is 5.13 Å². The van der Waals surface area contributed by atoms with Gasteiger partial charge in [0.15, 0.2) is 16.4 Å². The standard InChI is InChI=1S/C19H23N5O3S/c1-2-8-20-14(25)12-24-18(26)16-17(15(22-24)13-7-6-11-27-13)28-19(21-16)23-9-4-3-5-10-23/h6-7,11H,2-5,8-10,12H2,1H3,(H,20,25). The van der Waals surface area contributed by atoms with E-state index in [9.17, 15) is 9.59 Å². The molecule has 148 valence electrons. The van der Waals surface area contributed by atoms with Crippen LogP contribution in [0.25, 0.3) is 21.7 Å². The number of hydrogen-bond acceptors (Lipinski definition) is 7. The number of fused-ring (bicyclic) bond motifs is 1. The number of nitrogens with one attached hydrogen (secondary N) is 1. The van der Waals surface area contributed by atoms with Gasteiger partial charge >= 0.3 is 0 Å². The van der Waals surface area contributed by atoms with E-state index < -0.39 is 0 Å². The third-order valence-electron chi connectivity index (χ3n) is 4.74. The van der Waals surface area contributed by atoms with Gasteiger partial charge < -0.3 is 14.6 Å². The molecule has 1 saturated heterocycles. The fraction of sp³-hybridized carbons (Fsp3) is 0.474. The van der Waals surface area contributed by atoms with Crippen molar-refractivity contribution in [2.75, 3.05) is 24.5 Å². The molecule has 1 aliphatic heterocycles. The predicted molar refractivity (Wildman–Crippen MR) is 109 cm³/mol. The van der Waals surface area contributed by atoms with Gasteiger partial charge in [0.25, 0.3) is 5.56 Å². The van der Waals surface area contributed by atoms with Gasteiger partial charge in [-0.05, 0) is 37.8 Å². The maximum atomic E-state index is 13.0. The highest BCUT2D eigenvalue weighted by atomic mass is 32.1. The molecule has 28 heavy (non-hydrogen) atoms. The Morgan fingerprint density at radius 1 is 1.32 bits per heavy atom. The Hall–Kier alpha value is -2.68. The summed E-state index contributed by atoms with van der Waals surface area (Å²) in [6.07, 6.45) is 5.87. The van der Waals surface area contributed by atoms with E-state index in [4.69, 9.17) is 4.42 Å². The first-order chi connectivity index (χ1) is 13.7. The van der Waals surface area contributed by atoms with Crippen LogP contribution < -0.4 is 15.8 Å². The number of rotatable bonds is 6. The van der Waals surface area contributed by atoms with Crippen LogP contribution >= 0.6 is 11.3 Å². The second-order valence-electron chi connectivity index (χ2n) is 6.86. The van der Waals surface area contributed by atoms with Crippen molar-refractivity contribution in [3.8, 4) is 11.5 Å². The Labute approximate surface area is 166 Å². The Morgan fingerprint density at radius 3 is 2.86 bits per heavy atom. The lowest BCUT2D eigenvalue weighted by atomic mass is 10.1. The fourth-order valence-electron chi connectivity index (χ4n) is 3.31. The zero-order chi connectivity index (χ0) is 19.5. The van der Waals surface area contributed by atoms with E-state index in [0.29, 0.717) is 28.2 Å². The van der Waals surface area contributed by atoms with Crippen LogP contribution in [0.3, 0.4) is 0 Å². The average Bonchev–Trinajstić information content (AvgIpc) is 3.40. The smallest absolute Gasteiger partial charge is 0.294 e. The third kappa shape index (κ3) is 3.66. The maximum absolute atomic E-state index is 13.0. The summed E-state index contributed by atoms with van der Waals surface area (Å²) in [7, 11) is 0. The van der Waals surface area contributed by atoms with Crippen molar-refractivity contribution in [2.45, 2.75) is 39.2 Å². The first kappa shape index (κ1) is 18.7. The van der Waals surface area contributed by atoms with Crippen molar-refractivity contribution in [1.29, 1.82) is 0 Å². The molecule has 0 saturated carbocycles. The SMILES string of the molecule is CCCNC(=O)Cn1nc(-c2ccco2)c2sc(N3CCCCC3)nc2c1=O. The van der Waals surface area contributed by atoms with Crippen molar-refractivity contribution in [2.24, 2.45) is 0 Å². The number of thiazole rings is 1. The van der Waals surface area contributed by atoms with Crippen molar-refractivity contribution in [3.63, 3.8) is 0 Å². The van der Waals surface area contributed by atoms with E-state index in [-0.39, 0.29) is 18.0 Å². The number of carbonyl (C=O) groups excluding carboxylic acids is 1. The minimum atomic E-state index is -0.350. The summed E-state index contributed by atoms with van der Waals surface area (Å²) in [6.45, 7) is 4.28. The lowest BCUT2D eigenvalue weighted by Crippen LogP contribution is -2.34. The van der Waals surface area contributed by atoms with E-state index in [1.807, 2.05) is 6.92 Å². The molecule has 3 aromatic heterocycles.